The molecule has 0 spiro atoms. The molecule has 0 heterocycles. The van der Waals surface area contributed by atoms with Crippen molar-refractivity contribution in [1.82, 2.24) is 4.90 Å². The van der Waals surface area contributed by atoms with E-state index in [-0.39, 0.29) is 5.56 Å². The number of benzene rings is 1. The molecule has 0 atom stereocenters. The van der Waals surface area contributed by atoms with Gasteiger partial charge in [-0.25, -0.2) is 4.79 Å². The number of carbonyl (C=O) groups is 1. The van der Waals surface area contributed by atoms with Crippen LogP contribution < -0.4 is 4.74 Å². The Morgan fingerprint density at radius 3 is 2.63 bits per heavy atom. The molecule has 4 nitrogen and oxygen atoms in total. The van der Waals surface area contributed by atoms with Crippen LogP contribution in [0.5, 0.6) is 5.75 Å². The van der Waals surface area contributed by atoms with Gasteiger partial charge in [-0.1, -0.05) is 26.3 Å². The summed E-state index contributed by atoms with van der Waals surface area (Å²) in [6, 6.07) is 5.36. The Bertz CT molecular complexity index is 418. The number of unbranched alkanes of at least 4 members (excludes halogenated alkanes) is 1. The fourth-order valence-corrected chi connectivity index (χ4v) is 2.01. The first kappa shape index (κ1) is 15.5. The van der Waals surface area contributed by atoms with E-state index in [2.05, 4.69) is 18.7 Å². The molecule has 0 saturated carbocycles. The molecular formula is C15H23NO3. The SMILES string of the molecule is CCCCN(CC)Cc1ccc(OC)c(C(=O)O)c1. The number of carboxylic acid groups (broad SMARTS) is 1. The van der Waals surface area contributed by atoms with E-state index in [1.165, 1.54) is 13.5 Å². The third-order valence-corrected chi connectivity index (χ3v) is 3.18. The molecule has 19 heavy (non-hydrogen) atoms. The largest absolute Gasteiger partial charge is 0.496 e. The molecule has 0 aliphatic rings. The molecule has 1 aromatic carbocycles. The van der Waals surface area contributed by atoms with Crippen molar-refractivity contribution < 1.29 is 14.6 Å². The third-order valence-electron chi connectivity index (χ3n) is 3.18. The minimum Gasteiger partial charge on any atom is -0.496 e. The molecule has 0 amide bonds. The van der Waals surface area contributed by atoms with E-state index in [0.717, 1.165) is 31.6 Å². The van der Waals surface area contributed by atoms with Crippen molar-refractivity contribution in [1.29, 1.82) is 0 Å². The van der Waals surface area contributed by atoms with E-state index < -0.39 is 5.97 Å². The lowest BCUT2D eigenvalue weighted by molar-refractivity contribution is 0.0693. The van der Waals surface area contributed by atoms with Crippen molar-refractivity contribution in [2.75, 3.05) is 20.2 Å². The van der Waals surface area contributed by atoms with Gasteiger partial charge in [0.2, 0.25) is 0 Å². The predicted octanol–water partition coefficient (Wildman–Crippen LogP) is 3.02. The van der Waals surface area contributed by atoms with Crippen LogP contribution in [0.15, 0.2) is 18.2 Å². The molecule has 0 aromatic heterocycles. The zero-order valence-corrected chi connectivity index (χ0v) is 12.0. The van der Waals surface area contributed by atoms with Crippen LogP contribution in [0.1, 0.15) is 42.6 Å². The summed E-state index contributed by atoms with van der Waals surface area (Å²) in [4.78, 5) is 13.5. The van der Waals surface area contributed by atoms with Crippen molar-refractivity contribution in [3.8, 4) is 5.75 Å². The number of aromatic carboxylic acids is 1. The van der Waals surface area contributed by atoms with Gasteiger partial charge in [-0.2, -0.15) is 0 Å². The molecule has 1 aromatic rings. The average Bonchev–Trinajstić information content (AvgIpc) is 2.43. The fourth-order valence-electron chi connectivity index (χ4n) is 2.01. The molecule has 0 aliphatic carbocycles. The van der Waals surface area contributed by atoms with Gasteiger partial charge < -0.3 is 9.84 Å². The van der Waals surface area contributed by atoms with Crippen LogP contribution in [0.2, 0.25) is 0 Å². The van der Waals surface area contributed by atoms with Crippen LogP contribution in [0, 0.1) is 0 Å². The summed E-state index contributed by atoms with van der Waals surface area (Å²) in [5, 5.41) is 9.16. The first-order chi connectivity index (χ1) is 9.12. The highest BCUT2D eigenvalue weighted by atomic mass is 16.5. The Balaban J connectivity index is 2.83. The first-order valence-corrected chi connectivity index (χ1v) is 6.74. The number of methoxy groups -OCH3 is 1. The number of hydrogen-bond donors (Lipinski definition) is 1. The van der Waals surface area contributed by atoms with E-state index in [9.17, 15) is 4.79 Å². The normalized spacial score (nSPS) is 10.7. The van der Waals surface area contributed by atoms with Gasteiger partial charge in [-0.15, -0.1) is 0 Å². The Kier molecular flexibility index (Phi) is 6.36. The lowest BCUT2D eigenvalue weighted by atomic mass is 10.1. The molecule has 1 N–H and O–H groups in total. The Morgan fingerprint density at radius 1 is 1.37 bits per heavy atom. The Labute approximate surface area is 115 Å². The summed E-state index contributed by atoms with van der Waals surface area (Å²) < 4.78 is 5.06. The van der Waals surface area contributed by atoms with Gasteiger partial charge in [0.1, 0.15) is 11.3 Å². The number of nitrogens with zero attached hydrogens (tertiary/aromatic N) is 1. The fraction of sp³-hybridized carbons (Fsp3) is 0.533. The molecule has 0 saturated heterocycles. The number of ether oxygens (including phenoxy) is 1. The maximum absolute atomic E-state index is 11.2. The molecule has 0 radical (unpaired) electrons. The van der Waals surface area contributed by atoms with Gasteiger partial charge in [-0.05, 0) is 37.2 Å². The van der Waals surface area contributed by atoms with Crippen molar-refractivity contribution in [2.45, 2.75) is 33.2 Å². The lowest BCUT2D eigenvalue weighted by Crippen LogP contribution is -2.24. The Hall–Kier alpha value is -1.55. The summed E-state index contributed by atoms with van der Waals surface area (Å²) in [6.07, 6.45) is 2.33. The summed E-state index contributed by atoms with van der Waals surface area (Å²) >= 11 is 0. The van der Waals surface area contributed by atoms with Gasteiger partial charge in [0.25, 0.3) is 0 Å². The molecule has 0 fully saturated rings. The van der Waals surface area contributed by atoms with Crippen molar-refractivity contribution >= 4 is 5.97 Å². The standard InChI is InChI=1S/C15H23NO3/c1-4-6-9-16(5-2)11-12-7-8-14(19-3)13(10-12)15(17)18/h7-8,10H,4-6,9,11H2,1-3H3,(H,17,18). The van der Waals surface area contributed by atoms with E-state index in [1.807, 2.05) is 6.07 Å². The number of rotatable bonds is 8. The third kappa shape index (κ3) is 4.56. The number of carboxylic acids is 1. The molecule has 0 unspecified atom stereocenters. The second-order valence-electron chi connectivity index (χ2n) is 4.56. The topological polar surface area (TPSA) is 49.8 Å². The van der Waals surface area contributed by atoms with Crippen LogP contribution in [0.25, 0.3) is 0 Å². The quantitative estimate of drug-likeness (QED) is 0.785. The zero-order chi connectivity index (χ0) is 14.3. The van der Waals surface area contributed by atoms with Crippen LogP contribution >= 0.6 is 0 Å². The second-order valence-corrected chi connectivity index (χ2v) is 4.56. The summed E-state index contributed by atoms with van der Waals surface area (Å²) in [5.74, 6) is -0.539. The second kappa shape index (κ2) is 7.79. The van der Waals surface area contributed by atoms with E-state index in [0.29, 0.717) is 5.75 Å². The van der Waals surface area contributed by atoms with E-state index in [1.54, 1.807) is 12.1 Å². The highest BCUT2D eigenvalue weighted by Crippen LogP contribution is 2.20. The summed E-state index contributed by atoms with van der Waals surface area (Å²) in [5.41, 5.74) is 1.24. The Morgan fingerprint density at radius 2 is 2.11 bits per heavy atom. The molecule has 0 aliphatic heterocycles. The predicted molar refractivity (Wildman–Crippen MR) is 75.8 cm³/mol. The van der Waals surface area contributed by atoms with Gasteiger partial charge in [0.15, 0.2) is 0 Å². The maximum atomic E-state index is 11.2. The van der Waals surface area contributed by atoms with Crippen LogP contribution in [0.4, 0.5) is 0 Å². The molecule has 4 heteroatoms. The summed E-state index contributed by atoms with van der Waals surface area (Å²) in [7, 11) is 1.49. The van der Waals surface area contributed by atoms with Gasteiger partial charge in [0.05, 0.1) is 7.11 Å². The highest BCUT2D eigenvalue weighted by molar-refractivity contribution is 5.91. The smallest absolute Gasteiger partial charge is 0.339 e. The van der Waals surface area contributed by atoms with Gasteiger partial charge in [0, 0.05) is 6.54 Å². The van der Waals surface area contributed by atoms with Crippen molar-refractivity contribution in [2.24, 2.45) is 0 Å². The first-order valence-electron chi connectivity index (χ1n) is 6.74. The van der Waals surface area contributed by atoms with Crippen LogP contribution in [-0.2, 0) is 6.54 Å². The molecule has 0 bridgehead atoms. The number of hydrogen-bond acceptors (Lipinski definition) is 3. The van der Waals surface area contributed by atoms with Crippen LogP contribution in [-0.4, -0.2) is 36.2 Å². The zero-order valence-electron chi connectivity index (χ0n) is 12.0. The monoisotopic (exact) mass is 265 g/mol. The minimum atomic E-state index is -0.949. The highest BCUT2D eigenvalue weighted by Gasteiger charge is 2.12. The summed E-state index contributed by atoms with van der Waals surface area (Å²) in [6.45, 7) is 7.08. The maximum Gasteiger partial charge on any atom is 0.339 e. The lowest BCUT2D eigenvalue weighted by Gasteiger charge is -2.20. The van der Waals surface area contributed by atoms with E-state index in [4.69, 9.17) is 9.84 Å². The average molecular weight is 265 g/mol. The van der Waals surface area contributed by atoms with Gasteiger partial charge in [-0.3, -0.25) is 4.90 Å². The van der Waals surface area contributed by atoms with Crippen molar-refractivity contribution in [3.05, 3.63) is 29.3 Å². The van der Waals surface area contributed by atoms with Gasteiger partial charge >= 0.3 is 5.97 Å². The van der Waals surface area contributed by atoms with Crippen LogP contribution in [0.3, 0.4) is 0 Å². The molecular weight excluding hydrogens is 242 g/mol. The molecule has 106 valence electrons. The molecule has 1 rings (SSSR count). The minimum absolute atomic E-state index is 0.228. The van der Waals surface area contributed by atoms with Crippen molar-refractivity contribution in [3.63, 3.8) is 0 Å². The van der Waals surface area contributed by atoms with E-state index >= 15 is 0 Å².